The van der Waals surface area contributed by atoms with Gasteiger partial charge in [-0.2, -0.15) is 11.8 Å². The molecule has 0 bridgehead atoms. The van der Waals surface area contributed by atoms with E-state index in [1.165, 1.54) is 6.92 Å². The molecule has 2 aliphatic rings. The summed E-state index contributed by atoms with van der Waals surface area (Å²) in [5, 5.41) is 9.23. The maximum atomic E-state index is 13.8. The largest absolute Gasteiger partial charge is 0.493 e. The summed E-state index contributed by atoms with van der Waals surface area (Å²) in [5.74, 6) is 2.99. The Kier molecular flexibility index (Phi) is 10.5. The second-order valence-electron chi connectivity index (χ2n) is 11.0. The first-order valence-electron chi connectivity index (χ1n) is 15.0. The van der Waals surface area contributed by atoms with E-state index in [0.29, 0.717) is 64.9 Å². The molecule has 0 radical (unpaired) electrons. The topological polar surface area (TPSA) is 133 Å². The minimum absolute atomic E-state index is 0.174. The highest BCUT2D eigenvalue weighted by atomic mass is 32.2. The molecule has 11 nitrogen and oxygen atoms in total. The lowest BCUT2D eigenvalue weighted by atomic mass is 9.95. The van der Waals surface area contributed by atoms with Crippen LogP contribution in [0.4, 0.5) is 5.69 Å². The molecule has 2 atom stereocenters. The van der Waals surface area contributed by atoms with Gasteiger partial charge in [0.15, 0.2) is 23.0 Å². The van der Waals surface area contributed by atoms with Crippen LogP contribution in [-0.2, 0) is 22.6 Å². The average molecular weight is 650 g/mol. The number of methoxy groups -OCH3 is 3. The van der Waals surface area contributed by atoms with E-state index in [9.17, 15) is 14.4 Å². The third-order valence-electron chi connectivity index (χ3n) is 8.08. The number of carbonyl (C=O) groups excluding carboxylic acids is 2. The lowest BCUT2D eigenvalue weighted by Gasteiger charge is -2.19. The predicted molar refractivity (Wildman–Crippen MR) is 178 cm³/mol. The molecule has 1 heterocycles. The number of ether oxygens (including phenoxy) is 5. The van der Waals surface area contributed by atoms with Crippen LogP contribution in [0.15, 0.2) is 47.3 Å². The molecule has 0 spiro atoms. The lowest BCUT2D eigenvalue weighted by molar-refractivity contribution is -0.122. The van der Waals surface area contributed by atoms with Crippen molar-refractivity contribution < 1.29 is 33.3 Å². The number of nitrogens with one attached hydrogen (secondary N) is 3. The predicted octanol–water partition coefficient (Wildman–Crippen LogP) is 4.44. The van der Waals surface area contributed by atoms with Crippen molar-refractivity contribution in [1.82, 2.24) is 10.6 Å². The molecule has 0 saturated carbocycles. The Labute approximate surface area is 272 Å². The second kappa shape index (κ2) is 14.7. The number of rotatable bonds is 12. The summed E-state index contributed by atoms with van der Waals surface area (Å²) in [4.78, 5) is 39.6. The average Bonchev–Trinajstić information content (AvgIpc) is 3.40. The molecular weight excluding hydrogens is 610 g/mol. The number of anilines is 1. The molecule has 244 valence electrons. The number of thioether (sulfide) groups is 1. The van der Waals surface area contributed by atoms with Crippen molar-refractivity contribution in [2.75, 3.05) is 45.4 Å². The van der Waals surface area contributed by atoms with Crippen LogP contribution in [0.3, 0.4) is 0 Å². The maximum Gasteiger partial charge on any atom is 0.242 e. The Morgan fingerprint density at radius 2 is 1.78 bits per heavy atom. The number of hydrogen-bond acceptors (Lipinski definition) is 10. The van der Waals surface area contributed by atoms with E-state index in [0.717, 1.165) is 16.7 Å². The number of carbonyl (C=O) groups is 2. The minimum Gasteiger partial charge on any atom is -0.493 e. The zero-order chi connectivity index (χ0) is 32.8. The van der Waals surface area contributed by atoms with Crippen molar-refractivity contribution in [3.05, 3.63) is 69.4 Å². The molecule has 46 heavy (non-hydrogen) atoms. The van der Waals surface area contributed by atoms with Gasteiger partial charge in [0.1, 0.15) is 6.04 Å². The van der Waals surface area contributed by atoms with Gasteiger partial charge in [0.25, 0.3) is 0 Å². The van der Waals surface area contributed by atoms with Gasteiger partial charge in [-0.3, -0.25) is 14.4 Å². The quantitative estimate of drug-likeness (QED) is 0.259. The Bertz CT molecular complexity index is 1680. The van der Waals surface area contributed by atoms with Gasteiger partial charge in [-0.05, 0) is 83.9 Å². The molecule has 1 aliphatic carbocycles. The minimum atomic E-state index is -0.673. The van der Waals surface area contributed by atoms with E-state index in [1.807, 2.05) is 36.6 Å². The summed E-state index contributed by atoms with van der Waals surface area (Å²) in [7, 11) is 4.66. The Hall–Kier alpha value is -4.58. The Morgan fingerprint density at radius 3 is 2.50 bits per heavy atom. The molecule has 3 N–H and O–H groups in total. The van der Waals surface area contributed by atoms with E-state index < -0.39 is 12.1 Å². The number of aryl methyl sites for hydroxylation is 1. The number of benzene rings is 2. The Balaban J connectivity index is 1.52. The van der Waals surface area contributed by atoms with Crippen molar-refractivity contribution in [1.29, 1.82) is 0 Å². The third-order valence-corrected chi connectivity index (χ3v) is 8.72. The van der Waals surface area contributed by atoms with Gasteiger partial charge < -0.3 is 39.6 Å². The summed E-state index contributed by atoms with van der Waals surface area (Å²) in [6.45, 7) is 1.91. The molecule has 2 unspecified atom stereocenters. The molecule has 1 aliphatic heterocycles. The third kappa shape index (κ3) is 6.96. The second-order valence-corrected chi connectivity index (χ2v) is 12.0. The van der Waals surface area contributed by atoms with Crippen molar-refractivity contribution in [3.63, 3.8) is 0 Å². The molecule has 0 saturated heterocycles. The first-order valence-corrected chi connectivity index (χ1v) is 16.4. The monoisotopic (exact) mass is 649 g/mol. The van der Waals surface area contributed by atoms with E-state index >= 15 is 0 Å². The fraction of sp³-hybridized carbons (Fsp3) is 0.382. The van der Waals surface area contributed by atoms with Crippen LogP contribution < -0.4 is 45.1 Å². The van der Waals surface area contributed by atoms with Crippen LogP contribution in [0.25, 0.3) is 11.1 Å². The van der Waals surface area contributed by atoms with Crippen LogP contribution >= 0.6 is 11.8 Å². The molecule has 0 fully saturated rings. The fourth-order valence-corrected chi connectivity index (χ4v) is 6.35. The van der Waals surface area contributed by atoms with E-state index in [-0.39, 0.29) is 36.3 Å². The molecule has 0 aromatic heterocycles. The van der Waals surface area contributed by atoms with E-state index in [1.54, 1.807) is 45.2 Å². The highest BCUT2D eigenvalue weighted by Gasteiger charge is 2.30. The fourth-order valence-electron chi connectivity index (χ4n) is 5.88. The zero-order valence-corrected chi connectivity index (χ0v) is 27.4. The van der Waals surface area contributed by atoms with Gasteiger partial charge in [-0.25, -0.2) is 0 Å². The molecule has 2 amide bonds. The van der Waals surface area contributed by atoms with Gasteiger partial charge in [-0.15, -0.1) is 0 Å². The summed E-state index contributed by atoms with van der Waals surface area (Å²) < 4.78 is 28.0. The van der Waals surface area contributed by atoms with Crippen LogP contribution in [0.5, 0.6) is 28.7 Å². The van der Waals surface area contributed by atoms with E-state index in [4.69, 9.17) is 23.7 Å². The Morgan fingerprint density at radius 1 is 1.00 bits per heavy atom. The summed E-state index contributed by atoms with van der Waals surface area (Å²) >= 11 is 1.61. The highest BCUT2D eigenvalue weighted by molar-refractivity contribution is 7.98. The van der Waals surface area contributed by atoms with Crippen molar-refractivity contribution in [3.8, 4) is 39.9 Å². The first kappa shape index (κ1) is 32.8. The summed E-state index contributed by atoms with van der Waals surface area (Å²) in [5.41, 5.74) is 3.86. The van der Waals surface area contributed by atoms with Gasteiger partial charge in [0, 0.05) is 19.0 Å². The van der Waals surface area contributed by atoms with E-state index in [2.05, 4.69) is 16.0 Å². The van der Waals surface area contributed by atoms with Crippen molar-refractivity contribution in [2.45, 2.75) is 44.8 Å². The normalized spacial score (nSPS) is 15.0. The molecule has 3 aromatic carbocycles. The number of amides is 2. The molecule has 12 heteroatoms. The number of fused-ring (bicyclic) bond motifs is 4. The van der Waals surface area contributed by atoms with Crippen molar-refractivity contribution >= 4 is 29.3 Å². The van der Waals surface area contributed by atoms with Gasteiger partial charge in [-0.1, -0.05) is 12.1 Å². The maximum absolute atomic E-state index is 13.8. The number of hydrogen-bond donors (Lipinski definition) is 3. The molecule has 5 rings (SSSR count). The standard InChI is InChI=1S/C34H39N3O8S/c1-19(38)36-24-9-7-21-15-30(41-2)32(42-3)33(43-4)31(21)22-8-10-25(27(39)16-23(22)24)37-26(12-13-46-5)34(40)35-17-20-6-11-28-29(14-20)45-18-44-28/h6,8,10-11,14-16,24,26H,7,9,12-13,17-18H2,1-5H3,(H,35,40)(H,36,38)(H,37,39). The van der Waals surface area contributed by atoms with Crippen LogP contribution in [0.2, 0.25) is 0 Å². The molecular formula is C34H39N3O8S. The highest BCUT2D eigenvalue weighted by Crippen LogP contribution is 2.50. The summed E-state index contributed by atoms with van der Waals surface area (Å²) in [6, 6.07) is 11.4. The smallest absolute Gasteiger partial charge is 0.242 e. The summed E-state index contributed by atoms with van der Waals surface area (Å²) in [6.07, 6.45) is 3.60. The zero-order valence-electron chi connectivity index (χ0n) is 26.6. The van der Waals surface area contributed by atoms with Crippen molar-refractivity contribution in [2.24, 2.45) is 0 Å². The molecule has 3 aromatic rings. The van der Waals surface area contributed by atoms with Gasteiger partial charge in [0.05, 0.1) is 33.1 Å². The van der Waals surface area contributed by atoms with Gasteiger partial charge in [0.2, 0.25) is 29.8 Å². The first-order chi connectivity index (χ1) is 22.3. The SMILES string of the molecule is COc1cc2c(c(OC)c1OC)-c1ccc(NC(CCSC)C(=O)NCc3ccc4c(c3)OCO4)c(=O)cc1C(NC(C)=O)CC2. The van der Waals surface area contributed by atoms with Gasteiger partial charge >= 0.3 is 0 Å². The van der Waals surface area contributed by atoms with Crippen LogP contribution in [0, 0.1) is 0 Å². The van der Waals surface area contributed by atoms with Crippen LogP contribution in [0.1, 0.15) is 42.5 Å². The lowest BCUT2D eigenvalue weighted by Crippen LogP contribution is -2.40. The van der Waals surface area contributed by atoms with Crippen LogP contribution in [-0.4, -0.2) is 58.0 Å².